The van der Waals surface area contributed by atoms with Crippen LogP contribution in [0.15, 0.2) is 0 Å². The van der Waals surface area contributed by atoms with E-state index in [4.69, 9.17) is 0 Å². The van der Waals surface area contributed by atoms with E-state index in [0.29, 0.717) is 12.0 Å². The molecule has 1 saturated carbocycles. The fourth-order valence-electron chi connectivity index (χ4n) is 2.34. The first-order valence-corrected chi connectivity index (χ1v) is 5.71. The van der Waals surface area contributed by atoms with E-state index in [2.05, 4.69) is 11.8 Å². The van der Waals surface area contributed by atoms with E-state index in [9.17, 15) is 5.11 Å². The Labute approximate surface area is 72.6 Å². The second-order valence-corrected chi connectivity index (χ2v) is 5.08. The van der Waals surface area contributed by atoms with Crippen LogP contribution in [0.4, 0.5) is 0 Å². The molecule has 1 unspecified atom stereocenters. The summed E-state index contributed by atoms with van der Waals surface area (Å²) in [5.74, 6) is 3.47. The molecule has 1 aliphatic heterocycles. The highest BCUT2D eigenvalue weighted by Gasteiger charge is 2.44. The minimum Gasteiger partial charge on any atom is -0.396 e. The number of hydrogen-bond donors (Lipinski definition) is 1. The predicted octanol–water partition coefficient (Wildman–Crippen LogP) is 1.90. The SMILES string of the molecule is OCC1(C2CCSC2)CCC1. The summed E-state index contributed by atoms with van der Waals surface area (Å²) in [7, 11) is 0. The molecule has 2 fully saturated rings. The summed E-state index contributed by atoms with van der Waals surface area (Å²) in [4.78, 5) is 0. The molecule has 1 atom stereocenters. The lowest BCUT2D eigenvalue weighted by molar-refractivity contribution is -0.00356. The Kier molecular flexibility index (Phi) is 2.15. The van der Waals surface area contributed by atoms with Gasteiger partial charge < -0.3 is 5.11 Å². The van der Waals surface area contributed by atoms with Crippen molar-refractivity contribution in [3.63, 3.8) is 0 Å². The zero-order valence-corrected chi connectivity index (χ0v) is 7.70. The molecule has 0 aromatic heterocycles. The van der Waals surface area contributed by atoms with Gasteiger partial charge in [0, 0.05) is 6.61 Å². The third-order valence-corrected chi connectivity index (χ3v) is 4.62. The normalized spacial score (nSPS) is 35.2. The van der Waals surface area contributed by atoms with E-state index in [1.165, 1.54) is 37.2 Å². The molecule has 1 nitrogen and oxygen atoms in total. The molecule has 1 N–H and O–H groups in total. The van der Waals surface area contributed by atoms with E-state index in [-0.39, 0.29) is 0 Å². The maximum Gasteiger partial charge on any atom is 0.0490 e. The molecule has 1 aliphatic carbocycles. The van der Waals surface area contributed by atoms with Crippen molar-refractivity contribution in [1.82, 2.24) is 0 Å². The summed E-state index contributed by atoms with van der Waals surface area (Å²) >= 11 is 2.06. The molecule has 0 amide bonds. The molecule has 2 heteroatoms. The zero-order chi connectivity index (χ0) is 7.73. The van der Waals surface area contributed by atoms with Gasteiger partial charge in [-0.2, -0.15) is 11.8 Å². The van der Waals surface area contributed by atoms with Crippen molar-refractivity contribution in [2.75, 3.05) is 18.1 Å². The number of aliphatic hydroxyl groups excluding tert-OH is 1. The number of hydrogen-bond acceptors (Lipinski definition) is 2. The summed E-state index contributed by atoms with van der Waals surface area (Å²) < 4.78 is 0. The van der Waals surface area contributed by atoms with Gasteiger partial charge in [-0.3, -0.25) is 0 Å². The van der Waals surface area contributed by atoms with Gasteiger partial charge in [0.05, 0.1) is 0 Å². The van der Waals surface area contributed by atoms with Gasteiger partial charge in [-0.25, -0.2) is 0 Å². The minimum absolute atomic E-state index is 0.378. The summed E-state index contributed by atoms with van der Waals surface area (Å²) in [6.45, 7) is 0.443. The Hall–Kier alpha value is 0.310. The quantitative estimate of drug-likeness (QED) is 0.686. The van der Waals surface area contributed by atoms with Crippen LogP contribution in [0.2, 0.25) is 0 Å². The van der Waals surface area contributed by atoms with Gasteiger partial charge >= 0.3 is 0 Å². The summed E-state index contributed by atoms with van der Waals surface area (Å²) in [6.07, 6.45) is 5.27. The average Bonchev–Trinajstić information content (AvgIpc) is 2.39. The smallest absolute Gasteiger partial charge is 0.0490 e. The van der Waals surface area contributed by atoms with Crippen LogP contribution in [0.1, 0.15) is 25.7 Å². The fraction of sp³-hybridized carbons (Fsp3) is 1.00. The molecule has 1 heterocycles. The average molecular weight is 172 g/mol. The fourth-order valence-corrected chi connectivity index (χ4v) is 3.77. The second kappa shape index (κ2) is 2.98. The van der Waals surface area contributed by atoms with Crippen molar-refractivity contribution >= 4 is 11.8 Å². The Balaban J connectivity index is 1.99. The third-order valence-electron chi connectivity index (χ3n) is 3.46. The second-order valence-electron chi connectivity index (χ2n) is 3.93. The number of thioether (sulfide) groups is 1. The van der Waals surface area contributed by atoms with Crippen molar-refractivity contribution < 1.29 is 5.11 Å². The highest BCUT2D eigenvalue weighted by molar-refractivity contribution is 7.99. The van der Waals surface area contributed by atoms with Crippen molar-refractivity contribution in [3.8, 4) is 0 Å². The lowest BCUT2D eigenvalue weighted by Crippen LogP contribution is -2.40. The van der Waals surface area contributed by atoms with Crippen LogP contribution >= 0.6 is 11.8 Å². The molecule has 0 bridgehead atoms. The van der Waals surface area contributed by atoms with Crippen LogP contribution in [0, 0.1) is 11.3 Å². The third kappa shape index (κ3) is 1.20. The first kappa shape index (κ1) is 7.93. The Morgan fingerprint density at radius 1 is 1.45 bits per heavy atom. The molecule has 0 radical (unpaired) electrons. The van der Waals surface area contributed by atoms with Crippen LogP contribution in [0.3, 0.4) is 0 Å². The molecule has 64 valence electrons. The highest BCUT2D eigenvalue weighted by Crippen LogP contribution is 2.51. The molecule has 0 spiro atoms. The largest absolute Gasteiger partial charge is 0.396 e. The van der Waals surface area contributed by atoms with E-state index in [0.717, 1.165) is 5.92 Å². The van der Waals surface area contributed by atoms with Crippen molar-refractivity contribution in [1.29, 1.82) is 0 Å². The Morgan fingerprint density at radius 3 is 2.64 bits per heavy atom. The van der Waals surface area contributed by atoms with Gasteiger partial charge in [0.1, 0.15) is 0 Å². The van der Waals surface area contributed by atoms with Crippen LogP contribution in [0.25, 0.3) is 0 Å². The van der Waals surface area contributed by atoms with Gasteiger partial charge in [0.2, 0.25) is 0 Å². The van der Waals surface area contributed by atoms with Crippen LogP contribution in [-0.4, -0.2) is 23.2 Å². The molecule has 2 aliphatic rings. The predicted molar refractivity (Wildman–Crippen MR) is 48.8 cm³/mol. The minimum atomic E-state index is 0.378. The topological polar surface area (TPSA) is 20.2 Å². The van der Waals surface area contributed by atoms with Crippen LogP contribution in [0.5, 0.6) is 0 Å². The summed E-state index contributed by atoms with van der Waals surface area (Å²) in [5.41, 5.74) is 0.378. The monoisotopic (exact) mass is 172 g/mol. The molecular formula is C9H16OS. The lowest BCUT2D eigenvalue weighted by Gasteiger charge is -2.45. The maximum atomic E-state index is 9.29. The van der Waals surface area contributed by atoms with Gasteiger partial charge in [0.15, 0.2) is 0 Å². The zero-order valence-electron chi connectivity index (χ0n) is 6.88. The van der Waals surface area contributed by atoms with E-state index < -0.39 is 0 Å². The Bertz CT molecular complexity index is 131. The van der Waals surface area contributed by atoms with Crippen molar-refractivity contribution in [2.24, 2.45) is 11.3 Å². The number of rotatable bonds is 2. The standard InChI is InChI=1S/C9H16OS/c10-7-9(3-1-4-9)8-2-5-11-6-8/h8,10H,1-7H2. The van der Waals surface area contributed by atoms with E-state index >= 15 is 0 Å². The maximum absolute atomic E-state index is 9.29. The Morgan fingerprint density at radius 2 is 2.27 bits per heavy atom. The molecule has 0 aromatic rings. The van der Waals surface area contributed by atoms with Gasteiger partial charge in [-0.1, -0.05) is 6.42 Å². The molecule has 1 saturated heterocycles. The van der Waals surface area contributed by atoms with Crippen molar-refractivity contribution in [2.45, 2.75) is 25.7 Å². The molecule has 11 heavy (non-hydrogen) atoms. The first-order valence-electron chi connectivity index (χ1n) is 4.56. The number of aliphatic hydroxyl groups is 1. The molecule has 2 rings (SSSR count). The highest BCUT2D eigenvalue weighted by atomic mass is 32.2. The lowest BCUT2D eigenvalue weighted by atomic mass is 9.61. The van der Waals surface area contributed by atoms with E-state index in [1.54, 1.807) is 0 Å². The van der Waals surface area contributed by atoms with Gasteiger partial charge in [-0.05, 0) is 42.1 Å². The summed E-state index contributed by atoms with van der Waals surface area (Å²) in [5, 5.41) is 9.29. The van der Waals surface area contributed by atoms with Crippen LogP contribution < -0.4 is 0 Å². The first-order chi connectivity index (χ1) is 5.37. The van der Waals surface area contributed by atoms with Gasteiger partial charge in [0.25, 0.3) is 0 Å². The van der Waals surface area contributed by atoms with E-state index in [1.807, 2.05) is 0 Å². The van der Waals surface area contributed by atoms with Gasteiger partial charge in [-0.15, -0.1) is 0 Å². The van der Waals surface area contributed by atoms with Crippen molar-refractivity contribution in [3.05, 3.63) is 0 Å². The molecule has 0 aromatic carbocycles. The molecular weight excluding hydrogens is 156 g/mol. The summed E-state index contributed by atoms with van der Waals surface area (Å²) in [6, 6.07) is 0. The van der Waals surface area contributed by atoms with Crippen LogP contribution in [-0.2, 0) is 0 Å².